The second-order valence-electron chi connectivity index (χ2n) is 3.48. The Hall–Kier alpha value is -2.09. The standard InChI is InChI=1S/C14H13NO/c1-16-14(15)13-9-5-8-12(10-13)11-6-3-2-4-7-11/h2-10,15H,1H3. The SMILES string of the molecule is COC(=N)c1cccc(-c2ccccc2)c1. The lowest BCUT2D eigenvalue weighted by molar-refractivity contribution is 0.401. The van der Waals surface area contributed by atoms with Gasteiger partial charge >= 0.3 is 0 Å². The Morgan fingerprint density at radius 1 is 0.938 bits per heavy atom. The molecule has 0 aliphatic rings. The first-order valence-electron chi connectivity index (χ1n) is 5.09. The topological polar surface area (TPSA) is 33.1 Å². The van der Waals surface area contributed by atoms with E-state index in [1.54, 1.807) is 0 Å². The summed E-state index contributed by atoms with van der Waals surface area (Å²) in [5.74, 6) is 0.192. The first-order valence-corrected chi connectivity index (χ1v) is 5.09. The van der Waals surface area contributed by atoms with Gasteiger partial charge in [-0.25, -0.2) is 0 Å². The minimum atomic E-state index is 0.192. The molecule has 16 heavy (non-hydrogen) atoms. The zero-order valence-electron chi connectivity index (χ0n) is 9.10. The van der Waals surface area contributed by atoms with Crippen LogP contribution in [0.3, 0.4) is 0 Å². The van der Waals surface area contributed by atoms with E-state index in [4.69, 9.17) is 10.1 Å². The molecular formula is C14H13NO. The summed E-state index contributed by atoms with van der Waals surface area (Å²) >= 11 is 0. The summed E-state index contributed by atoms with van der Waals surface area (Å²) in [6.07, 6.45) is 0. The number of hydrogen-bond donors (Lipinski definition) is 1. The molecule has 0 spiro atoms. The van der Waals surface area contributed by atoms with Crippen LogP contribution in [0.25, 0.3) is 11.1 Å². The molecule has 2 rings (SSSR count). The predicted octanol–water partition coefficient (Wildman–Crippen LogP) is 3.33. The monoisotopic (exact) mass is 211 g/mol. The predicted molar refractivity (Wildman–Crippen MR) is 65.7 cm³/mol. The second-order valence-corrected chi connectivity index (χ2v) is 3.48. The van der Waals surface area contributed by atoms with E-state index in [1.165, 1.54) is 7.11 Å². The first kappa shape index (κ1) is 10.4. The van der Waals surface area contributed by atoms with E-state index in [0.29, 0.717) is 0 Å². The molecule has 0 aromatic heterocycles. The highest BCUT2D eigenvalue weighted by atomic mass is 16.5. The van der Waals surface area contributed by atoms with Gasteiger partial charge in [0.05, 0.1) is 7.11 Å². The Labute approximate surface area is 95.0 Å². The van der Waals surface area contributed by atoms with Gasteiger partial charge in [-0.15, -0.1) is 0 Å². The third-order valence-corrected chi connectivity index (χ3v) is 2.44. The van der Waals surface area contributed by atoms with Crippen LogP contribution in [0.4, 0.5) is 0 Å². The number of methoxy groups -OCH3 is 1. The molecular weight excluding hydrogens is 198 g/mol. The number of hydrogen-bond acceptors (Lipinski definition) is 2. The highest BCUT2D eigenvalue weighted by Crippen LogP contribution is 2.20. The lowest BCUT2D eigenvalue weighted by Gasteiger charge is -2.05. The van der Waals surface area contributed by atoms with E-state index in [-0.39, 0.29) is 5.90 Å². The first-order chi connectivity index (χ1) is 7.81. The fourth-order valence-electron chi connectivity index (χ4n) is 1.59. The van der Waals surface area contributed by atoms with Gasteiger partial charge < -0.3 is 4.74 Å². The molecule has 2 aromatic rings. The largest absolute Gasteiger partial charge is 0.481 e. The lowest BCUT2D eigenvalue weighted by Crippen LogP contribution is -2.00. The van der Waals surface area contributed by atoms with E-state index >= 15 is 0 Å². The molecule has 0 unspecified atom stereocenters. The molecule has 0 bridgehead atoms. The van der Waals surface area contributed by atoms with Gasteiger partial charge in [0.15, 0.2) is 0 Å². The average Bonchev–Trinajstić information content (AvgIpc) is 2.39. The molecule has 2 heteroatoms. The van der Waals surface area contributed by atoms with Crippen LogP contribution in [0.2, 0.25) is 0 Å². The van der Waals surface area contributed by atoms with Crippen molar-refractivity contribution < 1.29 is 4.74 Å². The lowest BCUT2D eigenvalue weighted by atomic mass is 10.0. The van der Waals surface area contributed by atoms with Crippen LogP contribution in [0, 0.1) is 5.41 Å². The van der Waals surface area contributed by atoms with E-state index in [9.17, 15) is 0 Å². The van der Waals surface area contributed by atoms with Crippen molar-refractivity contribution in [1.29, 1.82) is 5.41 Å². The van der Waals surface area contributed by atoms with Crippen molar-refractivity contribution in [2.45, 2.75) is 0 Å². The fourth-order valence-corrected chi connectivity index (χ4v) is 1.59. The molecule has 0 amide bonds. The van der Waals surface area contributed by atoms with Gasteiger partial charge in [0.2, 0.25) is 5.90 Å². The molecule has 0 aliphatic carbocycles. The average molecular weight is 211 g/mol. The summed E-state index contributed by atoms with van der Waals surface area (Å²) in [5.41, 5.74) is 3.04. The highest BCUT2D eigenvalue weighted by molar-refractivity contribution is 5.92. The van der Waals surface area contributed by atoms with E-state index in [0.717, 1.165) is 16.7 Å². The van der Waals surface area contributed by atoms with Crippen LogP contribution >= 0.6 is 0 Å². The van der Waals surface area contributed by atoms with Crippen molar-refractivity contribution in [3.63, 3.8) is 0 Å². The minimum absolute atomic E-state index is 0.192. The molecule has 80 valence electrons. The van der Waals surface area contributed by atoms with E-state index < -0.39 is 0 Å². The summed E-state index contributed by atoms with van der Waals surface area (Å²) in [7, 11) is 1.51. The van der Waals surface area contributed by atoms with Crippen molar-refractivity contribution in [2.75, 3.05) is 7.11 Å². The molecule has 1 N–H and O–H groups in total. The summed E-state index contributed by atoms with van der Waals surface area (Å²) in [4.78, 5) is 0. The molecule has 0 atom stereocenters. The van der Waals surface area contributed by atoms with Gasteiger partial charge in [0.25, 0.3) is 0 Å². The van der Waals surface area contributed by atoms with Gasteiger partial charge in [0.1, 0.15) is 0 Å². The number of benzene rings is 2. The maximum atomic E-state index is 7.62. The maximum absolute atomic E-state index is 7.62. The fraction of sp³-hybridized carbons (Fsp3) is 0.0714. The van der Waals surface area contributed by atoms with Crippen molar-refractivity contribution in [3.8, 4) is 11.1 Å². The molecule has 0 radical (unpaired) electrons. The Bertz CT molecular complexity index is 491. The molecule has 0 fully saturated rings. The Morgan fingerprint density at radius 3 is 2.31 bits per heavy atom. The van der Waals surface area contributed by atoms with E-state index in [1.807, 2.05) is 42.5 Å². The van der Waals surface area contributed by atoms with Crippen molar-refractivity contribution in [1.82, 2.24) is 0 Å². The normalized spacial score (nSPS) is 9.81. The molecule has 0 heterocycles. The van der Waals surface area contributed by atoms with Crippen LogP contribution in [-0.4, -0.2) is 13.0 Å². The summed E-state index contributed by atoms with van der Waals surface area (Å²) in [5, 5.41) is 7.62. The Kier molecular flexibility index (Phi) is 3.01. The van der Waals surface area contributed by atoms with Gasteiger partial charge in [-0.2, -0.15) is 0 Å². The summed E-state index contributed by atoms with van der Waals surface area (Å²) < 4.78 is 4.91. The van der Waals surface area contributed by atoms with Crippen LogP contribution in [-0.2, 0) is 4.74 Å². The third kappa shape index (κ3) is 2.11. The summed E-state index contributed by atoms with van der Waals surface area (Å²) in [6, 6.07) is 17.9. The van der Waals surface area contributed by atoms with Crippen molar-refractivity contribution in [2.24, 2.45) is 0 Å². The number of ether oxygens (including phenoxy) is 1. The number of rotatable bonds is 2. The van der Waals surface area contributed by atoms with Crippen LogP contribution in [0.5, 0.6) is 0 Å². The molecule has 0 saturated heterocycles. The van der Waals surface area contributed by atoms with Crippen LogP contribution in [0.1, 0.15) is 5.56 Å². The minimum Gasteiger partial charge on any atom is -0.481 e. The Morgan fingerprint density at radius 2 is 1.62 bits per heavy atom. The second kappa shape index (κ2) is 4.62. The van der Waals surface area contributed by atoms with Gasteiger partial charge in [0, 0.05) is 5.56 Å². The highest BCUT2D eigenvalue weighted by Gasteiger charge is 2.02. The van der Waals surface area contributed by atoms with Gasteiger partial charge in [-0.3, -0.25) is 5.41 Å². The van der Waals surface area contributed by atoms with Crippen molar-refractivity contribution >= 4 is 5.90 Å². The molecule has 2 nitrogen and oxygen atoms in total. The molecule has 0 saturated carbocycles. The van der Waals surface area contributed by atoms with Gasteiger partial charge in [-0.1, -0.05) is 42.5 Å². The van der Waals surface area contributed by atoms with Crippen molar-refractivity contribution in [3.05, 3.63) is 60.2 Å². The smallest absolute Gasteiger partial charge is 0.212 e. The number of nitrogens with one attached hydrogen (secondary N) is 1. The van der Waals surface area contributed by atoms with Gasteiger partial charge in [-0.05, 0) is 23.3 Å². The molecule has 0 aliphatic heterocycles. The Balaban J connectivity index is 2.40. The zero-order chi connectivity index (χ0) is 11.4. The quantitative estimate of drug-likeness (QED) is 0.600. The third-order valence-electron chi connectivity index (χ3n) is 2.44. The maximum Gasteiger partial charge on any atom is 0.212 e. The van der Waals surface area contributed by atoms with Crippen LogP contribution in [0.15, 0.2) is 54.6 Å². The molecule has 2 aromatic carbocycles. The van der Waals surface area contributed by atoms with Crippen LogP contribution < -0.4 is 0 Å². The van der Waals surface area contributed by atoms with E-state index in [2.05, 4.69) is 12.1 Å². The zero-order valence-corrected chi connectivity index (χ0v) is 9.10. The summed E-state index contributed by atoms with van der Waals surface area (Å²) in [6.45, 7) is 0.